The van der Waals surface area contributed by atoms with Crippen LogP contribution in [0.2, 0.25) is 0 Å². The summed E-state index contributed by atoms with van der Waals surface area (Å²) in [7, 11) is 0. The number of hydrogen-bond donors (Lipinski definition) is 0. The van der Waals surface area contributed by atoms with Gasteiger partial charge < -0.3 is 14.2 Å². The van der Waals surface area contributed by atoms with E-state index in [1.165, 1.54) is 62.8 Å². The van der Waals surface area contributed by atoms with E-state index in [1.54, 1.807) is 42.5 Å². The van der Waals surface area contributed by atoms with Crippen LogP contribution >= 0.6 is 11.8 Å². The van der Waals surface area contributed by atoms with Crippen LogP contribution in [0.1, 0.15) is 78.1 Å². The lowest BCUT2D eigenvalue weighted by Gasteiger charge is -2.09. The molecule has 38 heavy (non-hydrogen) atoms. The van der Waals surface area contributed by atoms with Gasteiger partial charge in [-0.25, -0.2) is 9.59 Å². The van der Waals surface area contributed by atoms with E-state index >= 15 is 0 Å². The van der Waals surface area contributed by atoms with Crippen LogP contribution in [0.3, 0.4) is 0 Å². The molecule has 0 aliphatic rings. The van der Waals surface area contributed by atoms with Gasteiger partial charge in [0, 0.05) is 4.90 Å². The van der Waals surface area contributed by atoms with Crippen LogP contribution < -0.4 is 14.2 Å². The van der Waals surface area contributed by atoms with Crippen LogP contribution in [0, 0.1) is 17.6 Å². The second-order valence-corrected chi connectivity index (χ2v) is 9.74. The number of unbranched alkanes of at least 4 members (excludes halogenated alkanes) is 6. The maximum atomic E-state index is 12.5. The summed E-state index contributed by atoms with van der Waals surface area (Å²) in [5.74, 6) is 0.468. The first kappa shape index (κ1) is 28.8. The molecule has 6 nitrogen and oxygen atoms in total. The SMILES string of the molecule is CCCCCCCCCOc1ccc(OC(=O)c2ccc(C(=O)Oc3ccc(SC#N)c(C)c3)cc2)cc1. The molecule has 3 aromatic carbocycles. The summed E-state index contributed by atoms with van der Waals surface area (Å²) in [5.41, 5.74) is 1.46. The zero-order valence-corrected chi connectivity index (χ0v) is 22.7. The van der Waals surface area contributed by atoms with Crippen LogP contribution in [0.15, 0.2) is 71.6 Å². The van der Waals surface area contributed by atoms with Gasteiger partial charge in [0.25, 0.3) is 0 Å². The number of nitriles is 1. The summed E-state index contributed by atoms with van der Waals surface area (Å²) < 4.78 is 16.7. The third kappa shape index (κ3) is 9.28. The summed E-state index contributed by atoms with van der Waals surface area (Å²) in [6.07, 6.45) is 8.63. The Labute approximate surface area is 228 Å². The normalized spacial score (nSPS) is 10.4. The van der Waals surface area contributed by atoms with Crippen molar-refractivity contribution in [3.05, 3.63) is 83.4 Å². The monoisotopic (exact) mass is 531 g/mol. The molecule has 3 rings (SSSR count). The Morgan fingerprint density at radius 2 is 1.26 bits per heavy atom. The average Bonchev–Trinajstić information content (AvgIpc) is 2.92. The molecule has 0 spiro atoms. The van der Waals surface area contributed by atoms with Crippen LogP contribution in [0.25, 0.3) is 0 Å². The molecule has 0 N–H and O–H groups in total. The molecule has 0 atom stereocenters. The van der Waals surface area contributed by atoms with E-state index in [2.05, 4.69) is 6.92 Å². The van der Waals surface area contributed by atoms with Crippen LogP contribution in [0.5, 0.6) is 17.2 Å². The second-order valence-electron chi connectivity index (χ2n) is 8.92. The van der Waals surface area contributed by atoms with E-state index in [0.717, 1.165) is 34.4 Å². The van der Waals surface area contributed by atoms with E-state index in [1.807, 2.05) is 12.3 Å². The van der Waals surface area contributed by atoms with Gasteiger partial charge in [0.2, 0.25) is 0 Å². The first-order chi connectivity index (χ1) is 18.5. The molecule has 0 aliphatic carbocycles. The van der Waals surface area contributed by atoms with Crippen molar-refractivity contribution in [2.45, 2.75) is 63.7 Å². The minimum atomic E-state index is -0.544. The number of carbonyl (C=O) groups excluding carboxylic acids is 2. The first-order valence-corrected chi connectivity index (χ1v) is 13.8. The second kappa shape index (κ2) is 15.5. The minimum absolute atomic E-state index is 0.303. The molecule has 0 aliphatic heterocycles. The van der Waals surface area contributed by atoms with Gasteiger partial charge in [-0.15, -0.1) is 0 Å². The fraction of sp³-hybridized carbons (Fsp3) is 0.323. The lowest BCUT2D eigenvalue weighted by Crippen LogP contribution is -2.11. The highest BCUT2D eigenvalue weighted by molar-refractivity contribution is 8.03. The number of thioether (sulfide) groups is 1. The van der Waals surface area contributed by atoms with Crippen LogP contribution in [-0.4, -0.2) is 18.5 Å². The van der Waals surface area contributed by atoms with Gasteiger partial charge in [-0.3, -0.25) is 0 Å². The van der Waals surface area contributed by atoms with Crippen LogP contribution in [0.4, 0.5) is 0 Å². The van der Waals surface area contributed by atoms with Gasteiger partial charge in [0.05, 0.1) is 17.7 Å². The standard InChI is InChI=1S/C31H33NO5S/c1-3-4-5-6-7-8-9-20-35-26-14-16-27(17-15-26)36-30(33)24-10-12-25(13-11-24)31(34)37-28-18-19-29(38-22-32)23(2)21-28/h10-19,21H,3-9,20H2,1-2H3. The van der Waals surface area contributed by atoms with Gasteiger partial charge in [-0.05, 0) is 97.4 Å². The fourth-order valence-electron chi connectivity index (χ4n) is 3.78. The maximum absolute atomic E-state index is 12.5. The molecular formula is C31H33NO5S. The van der Waals surface area contributed by atoms with E-state index in [-0.39, 0.29) is 0 Å². The van der Waals surface area contributed by atoms with Gasteiger partial charge in [0.1, 0.15) is 22.6 Å². The summed E-state index contributed by atoms with van der Waals surface area (Å²) in [5, 5.41) is 10.8. The van der Waals surface area contributed by atoms with E-state index in [9.17, 15) is 9.59 Å². The van der Waals surface area contributed by atoms with E-state index in [0.29, 0.717) is 29.2 Å². The van der Waals surface area contributed by atoms with Crippen molar-refractivity contribution in [1.29, 1.82) is 5.26 Å². The zero-order valence-electron chi connectivity index (χ0n) is 21.9. The third-order valence-corrected chi connectivity index (χ3v) is 6.69. The quantitative estimate of drug-likeness (QED) is 0.0682. The molecular weight excluding hydrogens is 498 g/mol. The Bertz CT molecular complexity index is 1230. The molecule has 0 saturated heterocycles. The lowest BCUT2D eigenvalue weighted by molar-refractivity contribution is 0.0720. The zero-order chi connectivity index (χ0) is 27.2. The summed E-state index contributed by atoms with van der Waals surface area (Å²) in [4.78, 5) is 25.8. The Hall–Kier alpha value is -3.76. The largest absolute Gasteiger partial charge is 0.494 e. The molecule has 7 heteroatoms. The van der Waals surface area contributed by atoms with Crippen molar-refractivity contribution in [2.75, 3.05) is 6.61 Å². The molecule has 0 radical (unpaired) electrons. The van der Waals surface area contributed by atoms with Crippen molar-refractivity contribution in [3.8, 4) is 22.6 Å². The number of rotatable bonds is 14. The molecule has 0 fully saturated rings. The number of esters is 2. The Morgan fingerprint density at radius 1 is 0.737 bits per heavy atom. The first-order valence-electron chi connectivity index (χ1n) is 12.9. The molecule has 198 valence electrons. The molecule has 0 amide bonds. The van der Waals surface area contributed by atoms with Crippen molar-refractivity contribution < 1.29 is 23.8 Å². The third-order valence-electron chi connectivity index (χ3n) is 5.92. The van der Waals surface area contributed by atoms with Gasteiger partial charge >= 0.3 is 11.9 Å². The molecule has 0 unspecified atom stereocenters. The molecule has 0 aromatic heterocycles. The molecule has 3 aromatic rings. The highest BCUT2D eigenvalue weighted by Crippen LogP contribution is 2.26. The van der Waals surface area contributed by atoms with Gasteiger partial charge in [0.15, 0.2) is 0 Å². The van der Waals surface area contributed by atoms with Gasteiger partial charge in [-0.2, -0.15) is 5.26 Å². The summed E-state index contributed by atoms with van der Waals surface area (Å²) in [6.45, 7) is 4.74. The highest BCUT2D eigenvalue weighted by atomic mass is 32.2. The number of thiocyanates is 1. The molecule has 0 bridgehead atoms. The molecule has 0 saturated carbocycles. The molecule has 0 heterocycles. The Balaban J connectivity index is 1.44. The Morgan fingerprint density at radius 3 is 1.84 bits per heavy atom. The summed E-state index contributed by atoms with van der Waals surface area (Å²) in [6, 6.07) is 18.1. The number of carbonyl (C=O) groups is 2. The number of benzene rings is 3. The van der Waals surface area contributed by atoms with Crippen molar-refractivity contribution >= 4 is 23.7 Å². The van der Waals surface area contributed by atoms with E-state index in [4.69, 9.17) is 19.5 Å². The highest BCUT2D eigenvalue weighted by Gasteiger charge is 2.13. The minimum Gasteiger partial charge on any atom is -0.494 e. The number of nitrogens with zero attached hydrogens (tertiary/aromatic N) is 1. The number of hydrogen-bond acceptors (Lipinski definition) is 7. The number of ether oxygens (including phenoxy) is 3. The predicted molar refractivity (Wildman–Crippen MR) is 149 cm³/mol. The van der Waals surface area contributed by atoms with Crippen LogP contribution in [-0.2, 0) is 0 Å². The predicted octanol–water partition coefficient (Wildman–Crippen LogP) is 8.14. The van der Waals surface area contributed by atoms with Crippen molar-refractivity contribution in [2.24, 2.45) is 0 Å². The fourth-order valence-corrected chi connectivity index (χ4v) is 4.23. The summed E-state index contributed by atoms with van der Waals surface area (Å²) >= 11 is 1.05. The lowest BCUT2D eigenvalue weighted by atomic mass is 10.1. The maximum Gasteiger partial charge on any atom is 0.343 e. The van der Waals surface area contributed by atoms with Crippen molar-refractivity contribution in [1.82, 2.24) is 0 Å². The number of aryl methyl sites for hydroxylation is 1. The smallest absolute Gasteiger partial charge is 0.343 e. The van der Waals surface area contributed by atoms with Gasteiger partial charge in [-0.1, -0.05) is 45.4 Å². The average molecular weight is 532 g/mol. The topological polar surface area (TPSA) is 85.6 Å². The Kier molecular flexibility index (Phi) is 11.7. The van der Waals surface area contributed by atoms with Crippen molar-refractivity contribution in [3.63, 3.8) is 0 Å². The van der Waals surface area contributed by atoms with E-state index < -0.39 is 11.9 Å².